The number of benzene rings is 2. The van der Waals surface area contributed by atoms with Gasteiger partial charge in [0.15, 0.2) is 11.6 Å². The highest BCUT2D eigenvalue weighted by molar-refractivity contribution is 7.18. The molecule has 0 saturated heterocycles. The van der Waals surface area contributed by atoms with Crippen LogP contribution in [0.3, 0.4) is 0 Å². The van der Waals surface area contributed by atoms with Gasteiger partial charge in [-0.15, -0.1) is 22.7 Å². The lowest BCUT2D eigenvalue weighted by Gasteiger charge is -2.32. The minimum atomic E-state index is -0.177. The van der Waals surface area contributed by atoms with Crippen LogP contribution >= 0.6 is 22.7 Å². The SMILES string of the molecule is CC1(C)c2cc(C=C3C(=O)c4ccccc4C3=O)sc2-n2c3sccc3c3cccc1c32. The van der Waals surface area contributed by atoms with Crippen molar-refractivity contribution in [3.05, 3.63) is 92.7 Å². The number of Topliss-reactive ketones (excluding diaryl/α,β-unsaturated/α-hetero) is 2. The zero-order chi connectivity index (χ0) is 21.8. The average Bonchev–Trinajstić information content (AvgIpc) is 3.53. The van der Waals surface area contributed by atoms with Crippen molar-refractivity contribution < 1.29 is 9.59 Å². The summed E-state index contributed by atoms with van der Waals surface area (Å²) in [5.41, 5.74) is 4.91. The van der Waals surface area contributed by atoms with Gasteiger partial charge in [0.2, 0.25) is 0 Å². The van der Waals surface area contributed by atoms with Crippen LogP contribution in [-0.4, -0.2) is 16.1 Å². The van der Waals surface area contributed by atoms with E-state index in [9.17, 15) is 9.59 Å². The summed E-state index contributed by atoms with van der Waals surface area (Å²) in [6.45, 7) is 4.52. The first-order valence-electron chi connectivity index (χ1n) is 10.5. The molecule has 0 spiro atoms. The second-order valence-electron chi connectivity index (χ2n) is 8.93. The number of rotatable bonds is 1. The summed E-state index contributed by atoms with van der Waals surface area (Å²) in [7, 11) is 0. The number of thiophene rings is 2. The lowest BCUT2D eigenvalue weighted by molar-refractivity contribution is 0.0990. The molecule has 1 aliphatic carbocycles. The van der Waals surface area contributed by atoms with E-state index in [1.807, 2.05) is 0 Å². The Kier molecular flexibility index (Phi) is 3.40. The van der Waals surface area contributed by atoms with E-state index in [1.54, 1.807) is 53.0 Å². The van der Waals surface area contributed by atoms with Gasteiger partial charge in [0.1, 0.15) is 9.83 Å². The molecule has 5 aromatic rings. The average molecular weight is 452 g/mol. The maximum atomic E-state index is 12.9. The monoisotopic (exact) mass is 451 g/mol. The standard InChI is InChI=1S/C27H17NO2S2/c1-27(2)20-9-5-8-15-18-10-11-31-25(18)28(22(15)20)26-21(27)13-14(32-26)12-19-23(29)16-6-3-4-7-17(16)24(19)30/h3-13H,1-2H3. The third-order valence-electron chi connectivity index (χ3n) is 6.87. The first-order valence-corrected chi connectivity index (χ1v) is 12.2. The van der Waals surface area contributed by atoms with Crippen LogP contribution in [0.4, 0.5) is 0 Å². The maximum absolute atomic E-state index is 12.9. The van der Waals surface area contributed by atoms with Crippen LogP contribution < -0.4 is 0 Å². The molecule has 0 N–H and O–H groups in total. The van der Waals surface area contributed by atoms with Gasteiger partial charge in [0.05, 0.1) is 11.1 Å². The summed E-state index contributed by atoms with van der Waals surface area (Å²) in [5.74, 6) is -0.355. The van der Waals surface area contributed by atoms with Gasteiger partial charge >= 0.3 is 0 Å². The molecule has 7 rings (SSSR count). The van der Waals surface area contributed by atoms with Crippen LogP contribution in [0, 0.1) is 0 Å². The predicted molar refractivity (Wildman–Crippen MR) is 132 cm³/mol. The lowest BCUT2D eigenvalue weighted by atomic mass is 9.76. The smallest absolute Gasteiger partial charge is 0.197 e. The van der Waals surface area contributed by atoms with Crippen molar-refractivity contribution in [2.24, 2.45) is 0 Å². The number of aromatic nitrogens is 1. The third kappa shape index (κ3) is 2.10. The molecular weight excluding hydrogens is 434 g/mol. The molecule has 3 aromatic heterocycles. The molecular formula is C27H17NO2S2. The largest absolute Gasteiger partial charge is 0.291 e. The van der Waals surface area contributed by atoms with Crippen molar-refractivity contribution in [2.45, 2.75) is 19.3 Å². The molecule has 0 atom stereocenters. The number of fused-ring (bicyclic) bond motifs is 6. The molecule has 2 aromatic carbocycles. The summed E-state index contributed by atoms with van der Waals surface area (Å²) in [6.07, 6.45) is 1.79. The van der Waals surface area contributed by atoms with Gasteiger partial charge in [0, 0.05) is 32.2 Å². The predicted octanol–water partition coefficient (Wildman–Crippen LogP) is 7.01. The molecule has 4 heterocycles. The highest BCUT2D eigenvalue weighted by atomic mass is 32.1. The Bertz CT molecular complexity index is 1650. The highest BCUT2D eigenvalue weighted by Gasteiger charge is 2.38. The van der Waals surface area contributed by atoms with Gasteiger partial charge in [-0.05, 0) is 34.7 Å². The summed E-state index contributed by atoms with van der Waals surface area (Å²) in [6, 6.07) is 18.0. The fourth-order valence-corrected chi connectivity index (χ4v) is 7.52. The molecule has 0 bridgehead atoms. The minimum Gasteiger partial charge on any atom is -0.291 e. The van der Waals surface area contributed by atoms with Crippen LogP contribution in [0.2, 0.25) is 0 Å². The van der Waals surface area contributed by atoms with E-state index in [0.29, 0.717) is 11.1 Å². The second-order valence-corrected chi connectivity index (χ2v) is 10.9. The molecule has 2 aliphatic rings. The van der Waals surface area contributed by atoms with Crippen LogP contribution in [0.25, 0.3) is 32.2 Å². The van der Waals surface area contributed by atoms with Crippen molar-refractivity contribution >= 4 is 61.4 Å². The zero-order valence-electron chi connectivity index (χ0n) is 17.4. The topological polar surface area (TPSA) is 39.1 Å². The molecule has 32 heavy (non-hydrogen) atoms. The first kappa shape index (κ1) is 18.3. The number of carbonyl (C=O) groups is 2. The van der Waals surface area contributed by atoms with Crippen molar-refractivity contribution in [3.63, 3.8) is 0 Å². The Balaban J connectivity index is 1.48. The molecule has 0 radical (unpaired) electrons. The van der Waals surface area contributed by atoms with Crippen LogP contribution in [0.5, 0.6) is 0 Å². The van der Waals surface area contributed by atoms with E-state index in [0.717, 1.165) is 4.88 Å². The Morgan fingerprint density at radius 1 is 0.875 bits per heavy atom. The molecule has 0 unspecified atom stereocenters. The van der Waals surface area contributed by atoms with Gasteiger partial charge in [-0.2, -0.15) is 0 Å². The van der Waals surface area contributed by atoms with Crippen molar-refractivity contribution in [2.75, 3.05) is 0 Å². The number of carbonyl (C=O) groups excluding carboxylic acids is 2. The molecule has 3 nitrogen and oxygen atoms in total. The van der Waals surface area contributed by atoms with E-state index in [-0.39, 0.29) is 22.6 Å². The van der Waals surface area contributed by atoms with Crippen LogP contribution in [-0.2, 0) is 5.41 Å². The summed E-state index contributed by atoms with van der Waals surface area (Å²) >= 11 is 3.41. The summed E-state index contributed by atoms with van der Waals surface area (Å²) in [4.78, 5) is 28.0. The third-order valence-corrected chi connectivity index (χ3v) is 8.84. The van der Waals surface area contributed by atoms with Crippen molar-refractivity contribution in [1.82, 2.24) is 4.57 Å². The fraction of sp³-hybridized carbons (Fsp3) is 0.111. The van der Waals surface area contributed by atoms with Gasteiger partial charge < -0.3 is 0 Å². The Morgan fingerprint density at radius 2 is 1.62 bits per heavy atom. The van der Waals surface area contributed by atoms with Crippen molar-refractivity contribution in [1.29, 1.82) is 0 Å². The summed E-state index contributed by atoms with van der Waals surface area (Å²) in [5, 5.41) is 5.88. The van der Waals surface area contributed by atoms with Gasteiger partial charge in [-0.25, -0.2) is 0 Å². The molecule has 5 heteroatoms. The van der Waals surface area contributed by atoms with Gasteiger partial charge in [-0.1, -0.05) is 56.3 Å². The zero-order valence-corrected chi connectivity index (χ0v) is 19.1. The quantitative estimate of drug-likeness (QED) is 0.203. The maximum Gasteiger partial charge on any atom is 0.197 e. The molecule has 0 amide bonds. The van der Waals surface area contributed by atoms with Crippen LogP contribution in [0.15, 0.2) is 65.6 Å². The van der Waals surface area contributed by atoms with Crippen molar-refractivity contribution in [3.8, 4) is 5.00 Å². The number of para-hydroxylation sites is 1. The van der Waals surface area contributed by atoms with Gasteiger partial charge in [0.25, 0.3) is 0 Å². The molecule has 0 saturated carbocycles. The van der Waals surface area contributed by atoms with Crippen LogP contribution in [0.1, 0.15) is 50.6 Å². The van der Waals surface area contributed by atoms with E-state index in [4.69, 9.17) is 0 Å². The molecule has 0 fully saturated rings. The second kappa shape index (κ2) is 5.94. The van der Waals surface area contributed by atoms with E-state index >= 15 is 0 Å². The Labute approximate surface area is 192 Å². The summed E-state index contributed by atoms with van der Waals surface area (Å²) < 4.78 is 2.38. The Hall–Kier alpha value is -3.28. The van der Waals surface area contributed by atoms with E-state index in [2.05, 4.69) is 54.1 Å². The molecule has 1 aliphatic heterocycles. The lowest BCUT2D eigenvalue weighted by Crippen LogP contribution is -2.24. The fourth-order valence-electron chi connectivity index (χ4n) is 5.26. The number of allylic oxidation sites excluding steroid dienone is 1. The number of hydrogen-bond acceptors (Lipinski definition) is 4. The normalized spacial score (nSPS) is 16.1. The van der Waals surface area contributed by atoms with E-state index in [1.165, 1.54) is 37.2 Å². The van der Waals surface area contributed by atoms with E-state index < -0.39 is 0 Å². The first-order chi connectivity index (χ1) is 15.5. The number of nitrogens with zero attached hydrogens (tertiary/aromatic N) is 1. The number of ketones is 2. The minimum absolute atomic E-state index is 0.175. The van der Waals surface area contributed by atoms with Gasteiger partial charge in [-0.3, -0.25) is 14.2 Å². The number of hydrogen-bond donors (Lipinski definition) is 0. The molecule has 154 valence electrons. The highest BCUT2D eigenvalue weighted by Crippen LogP contribution is 2.51. The Morgan fingerprint density at radius 3 is 2.38 bits per heavy atom.